The first-order chi connectivity index (χ1) is 4.11. The van der Waals surface area contributed by atoms with Crippen LogP contribution in [0.15, 0.2) is 12.3 Å². The Hall–Kier alpha value is -0.590. The summed E-state index contributed by atoms with van der Waals surface area (Å²) in [5.41, 5.74) is 2.31. The minimum atomic E-state index is -4.04. The molecule has 0 spiro atoms. The lowest BCUT2D eigenvalue weighted by Gasteiger charge is -2.09. The summed E-state index contributed by atoms with van der Waals surface area (Å²) in [6.45, 7) is 0.179. The molecule has 52 valence electrons. The van der Waals surface area contributed by atoms with Gasteiger partial charge in [0.25, 0.3) is 0 Å². The highest BCUT2D eigenvalue weighted by molar-refractivity contribution is 7.83. The average Bonchev–Trinajstić information content (AvgIpc) is 2.08. The molecule has 0 saturated heterocycles. The molecule has 0 unspecified atom stereocenters. The highest BCUT2D eigenvalue weighted by Gasteiger charge is 2.18. The van der Waals surface area contributed by atoms with Crippen molar-refractivity contribution >= 4 is 10.3 Å². The van der Waals surface area contributed by atoms with E-state index in [-0.39, 0.29) is 6.54 Å². The number of hydrogen-bond donors (Lipinski definition) is 2. The Morgan fingerprint density at radius 3 is 2.56 bits per heavy atom. The van der Waals surface area contributed by atoms with Crippen molar-refractivity contribution < 1.29 is 13.0 Å². The van der Waals surface area contributed by atoms with E-state index >= 15 is 0 Å². The Bertz CT molecular complexity index is 211. The molecule has 2 N–H and O–H groups in total. The smallest absolute Gasteiger partial charge is 0.311 e. The zero-order valence-corrected chi connectivity index (χ0v) is 5.30. The van der Waals surface area contributed by atoms with E-state index in [1.165, 1.54) is 6.20 Å². The Morgan fingerprint density at radius 1 is 1.67 bits per heavy atom. The van der Waals surface area contributed by atoms with Crippen LogP contribution < -0.4 is 5.43 Å². The van der Waals surface area contributed by atoms with Gasteiger partial charge in [0.1, 0.15) is 0 Å². The molecule has 0 bridgehead atoms. The summed E-state index contributed by atoms with van der Waals surface area (Å²) in [7, 11) is -4.04. The van der Waals surface area contributed by atoms with Crippen molar-refractivity contribution in [1.29, 1.82) is 0 Å². The van der Waals surface area contributed by atoms with Crippen LogP contribution in [0.1, 0.15) is 0 Å². The Labute approximate surface area is 52.8 Å². The van der Waals surface area contributed by atoms with Crippen LogP contribution in [0, 0.1) is 0 Å². The second-order valence-electron chi connectivity index (χ2n) is 1.54. The summed E-state index contributed by atoms with van der Waals surface area (Å²) >= 11 is 0. The summed E-state index contributed by atoms with van der Waals surface area (Å²) in [6, 6.07) is 0. The number of nitrogens with zero attached hydrogens (tertiary/aromatic N) is 1. The summed E-state index contributed by atoms with van der Waals surface area (Å²) in [5.74, 6) is 0. The number of hydrogen-bond acceptors (Lipinski definition) is 3. The van der Waals surface area contributed by atoms with Crippen LogP contribution in [0.4, 0.5) is 0 Å². The molecule has 1 aliphatic rings. The maximum Gasteiger partial charge on any atom is 0.353 e. The topological polar surface area (TPSA) is 69.6 Å². The van der Waals surface area contributed by atoms with Crippen LogP contribution in [0.5, 0.6) is 0 Å². The van der Waals surface area contributed by atoms with Gasteiger partial charge in [0.05, 0.1) is 6.54 Å². The van der Waals surface area contributed by atoms with Gasteiger partial charge in [0, 0.05) is 6.20 Å². The fourth-order valence-corrected chi connectivity index (χ4v) is 0.966. The first kappa shape index (κ1) is 6.53. The Kier molecular flexibility index (Phi) is 1.43. The maximum absolute atomic E-state index is 10.2. The summed E-state index contributed by atoms with van der Waals surface area (Å²) in [6.07, 6.45) is 3.02. The van der Waals surface area contributed by atoms with Crippen molar-refractivity contribution in [2.75, 3.05) is 6.54 Å². The van der Waals surface area contributed by atoms with Gasteiger partial charge in [-0.25, -0.2) is 0 Å². The van der Waals surface area contributed by atoms with Crippen LogP contribution >= 0.6 is 0 Å². The molecule has 9 heavy (non-hydrogen) atoms. The molecule has 0 radical (unpaired) electrons. The third kappa shape index (κ3) is 1.41. The van der Waals surface area contributed by atoms with Crippen LogP contribution in [-0.2, 0) is 10.3 Å². The van der Waals surface area contributed by atoms with Crippen LogP contribution in [-0.4, -0.2) is 23.9 Å². The normalized spacial score (nSPS) is 20.1. The quantitative estimate of drug-likeness (QED) is 0.476. The van der Waals surface area contributed by atoms with Crippen LogP contribution in [0.2, 0.25) is 0 Å². The van der Waals surface area contributed by atoms with Gasteiger partial charge in [0.2, 0.25) is 0 Å². The van der Waals surface area contributed by atoms with Gasteiger partial charge in [-0.1, -0.05) is 10.5 Å². The van der Waals surface area contributed by atoms with Crippen molar-refractivity contribution in [1.82, 2.24) is 9.84 Å². The standard InChI is InChI=1S/C3H6N2O3S/c6-9(7,8)5-3-1-2-4-5/h1-2,4H,3H2,(H,6,7,8). The zero-order chi connectivity index (χ0) is 6.91. The number of hydrazine groups is 1. The van der Waals surface area contributed by atoms with Crippen molar-refractivity contribution in [2.45, 2.75) is 0 Å². The van der Waals surface area contributed by atoms with Gasteiger partial charge in [-0.15, -0.1) is 0 Å². The minimum Gasteiger partial charge on any atom is -0.311 e. The molecule has 0 aliphatic carbocycles. The SMILES string of the molecule is O=S(=O)(O)N1CC=CN1. The van der Waals surface area contributed by atoms with E-state index in [2.05, 4.69) is 5.43 Å². The molecule has 0 fully saturated rings. The van der Waals surface area contributed by atoms with E-state index in [4.69, 9.17) is 4.55 Å². The molecule has 5 nitrogen and oxygen atoms in total. The highest BCUT2D eigenvalue weighted by atomic mass is 32.2. The predicted molar refractivity (Wildman–Crippen MR) is 30.5 cm³/mol. The van der Waals surface area contributed by atoms with E-state index in [1.807, 2.05) is 0 Å². The third-order valence-electron chi connectivity index (χ3n) is 0.886. The first-order valence-electron chi connectivity index (χ1n) is 2.27. The fraction of sp³-hybridized carbons (Fsp3) is 0.333. The minimum absolute atomic E-state index is 0.179. The van der Waals surface area contributed by atoms with Crippen molar-refractivity contribution in [2.24, 2.45) is 0 Å². The largest absolute Gasteiger partial charge is 0.353 e. The monoisotopic (exact) mass is 150 g/mol. The predicted octanol–water partition coefficient (Wildman–Crippen LogP) is -0.877. The Morgan fingerprint density at radius 2 is 2.33 bits per heavy atom. The lowest BCUT2D eigenvalue weighted by molar-refractivity contribution is 0.349. The molecule has 6 heteroatoms. The molecule has 1 rings (SSSR count). The summed E-state index contributed by atoms with van der Waals surface area (Å²) in [5, 5.41) is 0. The fourth-order valence-electron chi connectivity index (χ4n) is 0.498. The second kappa shape index (κ2) is 1.98. The first-order valence-corrected chi connectivity index (χ1v) is 3.67. The molecular formula is C3H6N2O3S. The van der Waals surface area contributed by atoms with E-state index in [1.54, 1.807) is 6.08 Å². The van der Waals surface area contributed by atoms with E-state index in [0.29, 0.717) is 4.41 Å². The number of rotatable bonds is 1. The average molecular weight is 150 g/mol. The van der Waals surface area contributed by atoms with E-state index in [9.17, 15) is 8.42 Å². The van der Waals surface area contributed by atoms with Gasteiger partial charge >= 0.3 is 10.3 Å². The lowest BCUT2D eigenvalue weighted by Crippen LogP contribution is -2.35. The Balaban J connectivity index is 2.68. The zero-order valence-electron chi connectivity index (χ0n) is 4.48. The summed E-state index contributed by atoms with van der Waals surface area (Å²) < 4.78 is 29.5. The van der Waals surface area contributed by atoms with Gasteiger partial charge in [-0.2, -0.15) is 8.42 Å². The molecule has 0 aromatic carbocycles. The number of nitrogens with one attached hydrogen (secondary N) is 1. The van der Waals surface area contributed by atoms with Crippen molar-refractivity contribution in [3.8, 4) is 0 Å². The molecule has 0 aromatic heterocycles. The molecule has 1 heterocycles. The molecule has 0 amide bonds. The van der Waals surface area contributed by atoms with Gasteiger partial charge in [-0.3, -0.25) is 4.55 Å². The maximum atomic E-state index is 10.2. The van der Waals surface area contributed by atoms with Crippen LogP contribution in [0.25, 0.3) is 0 Å². The molecule has 0 atom stereocenters. The van der Waals surface area contributed by atoms with Crippen molar-refractivity contribution in [3.63, 3.8) is 0 Å². The molecule has 1 aliphatic heterocycles. The molecular weight excluding hydrogens is 144 g/mol. The summed E-state index contributed by atoms with van der Waals surface area (Å²) in [4.78, 5) is 0. The van der Waals surface area contributed by atoms with E-state index < -0.39 is 10.3 Å². The second-order valence-corrected chi connectivity index (χ2v) is 2.88. The molecule has 0 aromatic rings. The third-order valence-corrected chi connectivity index (χ3v) is 1.70. The van der Waals surface area contributed by atoms with Gasteiger partial charge in [-0.05, 0) is 0 Å². The highest BCUT2D eigenvalue weighted by Crippen LogP contribution is 1.97. The van der Waals surface area contributed by atoms with Crippen molar-refractivity contribution in [3.05, 3.63) is 12.3 Å². The molecule has 0 saturated carbocycles. The lowest BCUT2D eigenvalue weighted by atomic mass is 10.7. The van der Waals surface area contributed by atoms with Gasteiger partial charge in [0.15, 0.2) is 0 Å². The van der Waals surface area contributed by atoms with Gasteiger partial charge < -0.3 is 5.43 Å². The van der Waals surface area contributed by atoms with Crippen LogP contribution in [0.3, 0.4) is 0 Å². The van der Waals surface area contributed by atoms with E-state index in [0.717, 1.165) is 0 Å².